The van der Waals surface area contributed by atoms with E-state index in [1.807, 2.05) is 6.08 Å². The van der Waals surface area contributed by atoms with Gasteiger partial charge < -0.3 is 14.2 Å². The average Bonchev–Trinajstić information content (AvgIpc) is 3.34. The van der Waals surface area contributed by atoms with Gasteiger partial charge in [0.15, 0.2) is 6.10 Å². The summed E-state index contributed by atoms with van der Waals surface area (Å²) in [4.78, 5) is 38.1. The zero-order valence-corrected chi connectivity index (χ0v) is 44.6. The molecule has 0 saturated heterocycles. The van der Waals surface area contributed by atoms with E-state index in [-0.39, 0.29) is 37.5 Å². The minimum absolute atomic E-state index is 0.102. The van der Waals surface area contributed by atoms with Crippen molar-refractivity contribution in [3.8, 4) is 0 Å². The van der Waals surface area contributed by atoms with E-state index >= 15 is 0 Å². The van der Waals surface area contributed by atoms with Crippen molar-refractivity contribution in [1.29, 1.82) is 0 Å². The second-order valence-corrected chi connectivity index (χ2v) is 18.8. The molecule has 0 aromatic rings. The third-order valence-electron chi connectivity index (χ3n) is 12.1. The highest BCUT2D eigenvalue weighted by Gasteiger charge is 2.19. The number of hydrogen-bond donors (Lipinski definition) is 0. The van der Waals surface area contributed by atoms with Gasteiger partial charge in [-0.05, 0) is 83.5 Å². The normalized spacial score (nSPS) is 12.7. The molecule has 0 aliphatic carbocycles. The van der Waals surface area contributed by atoms with E-state index in [9.17, 15) is 14.4 Å². The first-order valence-electron chi connectivity index (χ1n) is 28.6. The molecule has 0 aliphatic heterocycles. The average molecular weight is 948 g/mol. The second kappa shape index (κ2) is 56.2. The van der Waals surface area contributed by atoms with Crippen molar-refractivity contribution in [1.82, 2.24) is 0 Å². The van der Waals surface area contributed by atoms with Gasteiger partial charge >= 0.3 is 17.9 Å². The highest BCUT2D eigenvalue weighted by molar-refractivity contribution is 5.71. The lowest BCUT2D eigenvalue weighted by Crippen LogP contribution is -2.30. The maximum Gasteiger partial charge on any atom is 0.306 e. The Morgan fingerprint density at radius 1 is 0.309 bits per heavy atom. The molecule has 0 aliphatic rings. The van der Waals surface area contributed by atoms with Gasteiger partial charge in [-0.15, -0.1) is 0 Å². The van der Waals surface area contributed by atoms with Crippen LogP contribution in [0.4, 0.5) is 0 Å². The summed E-state index contributed by atoms with van der Waals surface area (Å²) >= 11 is 0. The lowest BCUT2D eigenvalue weighted by molar-refractivity contribution is -0.166. The van der Waals surface area contributed by atoms with Crippen molar-refractivity contribution in [2.75, 3.05) is 13.2 Å². The monoisotopic (exact) mass is 947 g/mol. The molecular formula is C62H106O6. The molecule has 6 heteroatoms. The SMILES string of the molecule is CC/C=C\C/C=C\C/C=C\C/C=C\C/C=C\C/C=C\CCC(=O)OC[C@@H](COC(=O)CCCCCCC/C=C\CCCCCC)OC(=O)CCCCCCCCCCCCCCCCCCCC. The Hall–Kier alpha value is -3.41. The minimum Gasteiger partial charge on any atom is -0.462 e. The Morgan fingerprint density at radius 3 is 1.00 bits per heavy atom. The lowest BCUT2D eigenvalue weighted by atomic mass is 10.0. The first kappa shape index (κ1) is 64.6. The van der Waals surface area contributed by atoms with Gasteiger partial charge in [0.2, 0.25) is 0 Å². The topological polar surface area (TPSA) is 78.9 Å². The fraction of sp³-hybridized carbons (Fsp3) is 0.726. The number of carbonyl (C=O) groups excluding carboxylic acids is 3. The molecule has 0 bridgehead atoms. The molecule has 6 nitrogen and oxygen atoms in total. The highest BCUT2D eigenvalue weighted by Crippen LogP contribution is 2.16. The Bertz CT molecular complexity index is 1320. The maximum absolute atomic E-state index is 12.9. The fourth-order valence-electron chi connectivity index (χ4n) is 7.88. The Morgan fingerprint density at radius 2 is 0.603 bits per heavy atom. The van der Waals surface area contributed by atoms with Gasteiger partial charge in [0, 0.05) is 19.3 Å². The fourth-order valence-corrected chi connectivity index (χ4v) is 7.88. The zero-order valence-electron chi connectivity index (χ0n) is 44.6. The van der Waals surface area contributed by atoms with Crippen LogP contribution in [-0.4, -0.2) is 37.2 Å². The predicted octanol–water partition coefficient (Wildman–Crippen LogP) is 19.2. The van der Waals surface area contributed by atoms with E-state index in [4.69, 9.17) is 14.2 Å². The van der Waals surface area contributed by atoms with Gasteiger partial charge in [-0.25, -0.2) is 0 Å². The molecule has 0 unspecified atom stereocenters. The van der Waals surface area contributed by atoms with Crippen molar-refractivity contribution in [2.24, 2.45) is 0 Å². The Labute approximate surface area is 420 Å². The standard InChI is InChI=1S/C62H106O6/c1-4-7-10-13-16-19-22-25-27-29-31-33-34-37-40-43-46-49-52-55-61(64)67-58-59(57-66-60(63)54-51-48-45-42-39-36-24-21-18-15-12-9-6-3)68-62(65)56-53-50-47-44-41-38-35-32-30-28-26-23-20-17-14-11-8-5-2/h7,10,16,19,21,24-25,27,31,33,37,40,46,49,59H,4-6,8-9,11-15,17-18,20,22-23,26,28-30,32,34-36,38-39,41-45,47-48,50-58H2,1-3H3/b10-7-,19-16-,24-21-,27-25-,33-31-,40-37-,49-46-/t59-/m1/s1. The number of hydrogen-bond acceptors (Lipinski definition) is 6. The van der Waals surface area contributed by atoms with Crippen LogP contribution < -0.4 is 0 Å². The van der Waals surface area contributed by atoms with Gasteiger partial charge in [-0.1, -0.05) is 254 Å². The molecule has 0 spiro atoms. The van der Waals surface area contributed by atoms with E-state index in [0.29, 0.717) is 19.3 Å². The molecule has 0 amide bonds. The first-order valence-corrected chi connectivity index (χ1v) is 28.6. The van der Waals surface area contributed by atoms with Crippen molar-refractivity contribution >= 4 is 17.9 Å². The van der Waals surface area contributed by atoms with Crippen LogP contribution in [0, 0.1) is 0 Å². The molecule has 0 fully saturated rings. The van der Waals surface area contributed by atoms with Crippen molar-refractivity contribution in [3.63, 3.8) is 0 Å². The third kappa shape index (κ3) is 53.5. The summed E-state index contributed by atoms with van der Waals surface area (Å²) in [5.74, 6) is -0.990. The van der Waals surface area contributed by atoms with Gasteiger partial charge in [0.05, 0.1) is 0 Å². The van der Waals surface area contributed by atoms with E-state index in [1.54, 1.807) is 0 Å². The van der Waals surface area contributed by atoms with E-state index in [2.05, 4.69) is 99.8 Å². The van der Waals surface area contributed by atoms with Crippen LogP contribution in [0.2, 0.25) is 0 Å². The smallest absolute Gasteiger partial charge is 0.306 e. The van der Waals surface area contributed by atoms with E-state index in [0.717, 1.165) is 89.9 Å². The van der Waals surface area contributed by atoms with Gasteiger partial charge in [0.25, 0.3) is 0 Å². The van der Waals surface area contributed by atoms with Crippen LogP contribution in [0.5, 0.6) is 0 Å². The second-order valence-electron chi connectivity index (χ2n) is 18.8. The number of ether oxygens (including phenoxy) is 3. The summed E-state index contributed by atoms with van der Waals surface area (Å²) < 4.78 is 16.8. The van der Waals surface area contributed by atoms with Crippen LogP contribution in [0.15, 0.2) is 85.1 Å². The number of allylic oxidation sites excluding steroid dienone is 14. The largest absolute Gasteiger partial charge is 0.462 e. The minimum atomic E-state index is -0.809. The number of unbranched alkanes of at least 4 members (excludes halogenated alkanes) is 26. The van der Waals surface area contributed by atoms with Gasteiger partial charge in [0.1, 0.15) is 13.2 Å². The number of carbonyl (C=O) groups is 3. The molecule has 390 valence electrons. The summed E-state index contributed by atoms with van der Waals surface area (Å²) in [6, 6.07) is 0. The summed E-state index contributed by atoms with van der Waals surface area (Å²) in [5, 5.41) is 0. The molecule has 0 N–H and O–H groups in total. The zero-order chi connectivity index (χ0) is 49.3. The lowest BCUT2D eigenvalue weighted by Gasteiger charge is -2.18. The van der Waals surface area contributed by atoms with Crippen molar-refractivity contribution < 1.29 is 28.6 Å². The van der Waals surface area contributed by atoms with Gasteiger partial charge in [-0.3, -0.25) is 14.4 Å². The molecule has 1 atom stereocenters. The molecule has 0 saturated carbocycles. The summed E-state index contributed by atoms with van der Waals surface area (Å²) in [7, 11) is 0. The van der Waals surface area contributed by atoms with Crippen LogP contribution in [0.25, 0.3) is 0 Å². The van der Waals surface area contributed by atoms with E-state index in [1.165, 1.54) is 135 Å². The Kier molecular flexibility index (Phi) is 53.4. The van der Waals surface area contributed by atoms with Crippen LogP contribution in [-0.2, 0) is 28.6 Å². The molecule has 68 heavy (non-hydrogen) atoms. The van der Waals surface area contributed by atoms with Crippen LogP contribution in [0.3, 0.4) is 0 Å². The summed E-state index contributed by atoms with van der Waals surface area (Å²) in [5.41, 5.74) is 0. The van der Waals surface area contributed by atoms with Crippen molar-refractivity contribution in [2.45, 2.75) is 277 Å². The molecular weight excluding hydrogens is 841 g/mol. The number of esters is 3. The molecule has 0 radical (unpaired) electrons. The number of rotatable bonds is 51. The molecule has 0 aromatic carbocycles. The van der Waals surface area contributed by atoms with E-state index < -0.39 is 6.10 Å². The van der Waals surface area contributed by atoms with Gasteiger partial charge in [-0.2, -0.15) is 0 Å². The first-order chi connectivity index (χ1) is 33.5. The molecule has 0 rings (SSSR count). The molecule has 0 aromatic heterocycles. The Balaban J connectivity index is 4.47. The third-order valence-corrected chi connectivity index (χ3v) is 12.1. The van der Waals surface area contributed by atoms with Crippen LogP contribution >= 0.6 is 0 Å². The maximum atomic E-state index is 12.9. The van der Waals surface area contributed by atoms with Crippen molar-refractivity contribution in [3.05, 3.63) is 85.1 Å². The predicted molar refractivity (Wildman–Crippen MR) is 293 cm³/mol. The quantitative estimate of drug-likeness (QED) is 0.0262. The summed E-state index contributed by atoms with van der Waals surface area (Å²) in [6.45, 7) is 6.46. The van der Waals surface area contributed by atoms with Crippen LogP contribution in [0.1, 0.15) is 271 Å². The molecule has 0 heterocycles. The highest BCUT2D eigenvalue weighted by atomic mass is 16.6. The summed E-state index contributed by atoms with van der Waals surface area (Å²) in [6.07, 6.45) is 73.0.